The van der Waals surface area contributed by atoms with Gasteiger partial charge in [0, 0.05) is 12.3 Å². The van der Waals surface area contributed by atoms with Crippen LogP contribution in [0.25, 0.3) is 0 Å². The van der Waals surface area contributed by atoms with Crippen LogP contribution in [0.2, 0.25) is 0 Å². The quantitative estimate of drug-likeness (QED) is 0.469. The number of fused-ring (bicyclic) bond motifs is 1. The van der Waals surface area contributed by atoms with Crippen molar-refractivity contribution in [2.45, 2.75) is 88.8 Å². The van der Waals surface area contributed by atoms with E-state index in [0.717, 1.165) is 10.1 Å². The van der Waals surface area contributed by atoms with Crippen LogP contribution >= 0.6 is 0 Å². The lowest BCUT2D eigenvalue weighted by molar-refractivity contribution is -0.203. The van der Waals surface area contributed by atoms with Crippen molar-refractivity contribution >= 4 is 10.1 Å². The topological polar surface area (TPSA) is 115 Å². The second-order valence-corrected chi connectivity index (χ2v) is 11.9. The van der Waals surface area contributed by atoms with E-state index in [4.69, 9.17) is 23.1 Å². The van der Waals surface area contributed by atoms with Crippen molar-refractivity contribution < 1.29 is 35.9 Å². The van der Waals surface area contributed by atoms with Crippen LogP contribution in [0.5, 0.6) is 5.88 Å². The number of halogens is 1. The zero-order valence-corrected chi connectivity index (χ0v) is 23.2. The van der Waals surface area contributed by atoms with Crippen LogP contribution < -0.4 is 9.87 Å². The molecule has 38 heavy (non-hydrogen) atoms. The molecule has 0 radical (unpaired) electrons. The Kier molecular flexibility index (Phi) is 8.58. The molecule has 10 nitrogen and oxygen atoms in total. The maximum absolute atomic E-state index is 15.1. The van der Waals surface area contributed by atoms with Gasteiger partial charge in [0.2, 0.25) is 5.88 Å². The molecule has 0 spiro atoms. The van der Waals surface area contributed by atoms with Crippen molar-refractivity contribution in [3.63, 3.8) is 0 Å². The molecule has 0 aliphatic carbocycles. The number of ether oxygens (including phenoxy) is 4. The van der Waals surface area contributed by atoms with Crippen molar-refractivity contribution in [3.05, 3.63) is 51.6 Å². The molecule has 0 saturated carbocycles. The fourth-order valence-corrected chi connectivity index (χ4v) is 6.17. The Balaban J connectivity index is 1.65. The molecular weight excluding hydrogens is 519 g/mol. The minimum Gasteiger partial charge on any atom is -0.358 e. The molecular formula is C26H35FN2O8S. The smallest absolute Gasteiger partial charge is 0.353 e. The van der Waals surface area contributed by atoms with Crippen LogP contribution in [-0.4, -0.2) is 56.5 Å². The van der Waals surface area contributed by atoms with Gasteiger partial charge in [0.15, 0.2) is 12.4 Å². The highest BCUT2D eigenvalue weighted by Crippen LogP contribution is 2.37. The predicted molar refractivity (Wildman–Crippen MR) is 135 cm³/mol. The molecule has 2 aliphatic heterocycles. The third-order valence-electron chi connectivity index (χ3n) is 6.66. The summed E-state index contributed by atoms with van der Waals surface area (Å²) in [6.07, 6.45) is -3.59. The normalized spacial score (nSPS) is 24.5. The molecule has 4 rings (SSSR count). The van der Waals surface area contributed by atoms with Crippen LogP contribution in [-0.2, 0) is 29.1 Å². The summed E-state index contributed by atoms with van der Waals surface area (Å²) in [6.45, 7) is 11.6. The maximum Gasteiger partial charge on any atom is 0.353 e. The fourth-order valence-electron chi connectivity index (χ4n) is 4.60. The average Bonchev–Trinajstić information content (AvgIpc) is 3.11. The van der Waals surface area contributed by atoms with E-state index in [9.17, 15) is 13.2 Å². The Labute approximate surface area is 222 Å². The summed E-state index contributed by atoms with van der Waals surface area (Å²) in [5, 5.41) is 0. The predicted octanol–water partition coefficient (Wildman–Crippen LogP) is 3.96. The van der Waals surface area contributed by atoms with Crippen molar-refractivity contribution in [1.29, 1.82) is 0 Å². The van der Waals surface area contributed by atoms with Gasteiger partial charge < -0.3 is 23.1 Å². The molecule has 2 saturated heterocycles. The SMILES string of the molecule is CC(C)c1cc(C(C)C)c(S(=O)(=O)Oc2ccn([C@@H]3O[C@@H]4COCOCOC4[C@@H]3F)c(=O)n2)c(C(C)C)c1. The molecule has 0 amide bonds. The van der Waals surface area contributed by atoms with Crippen molar-refractivity contribution in [1.82, 2.24) is 9.55 Å². The Morgan fingerprint density at radius 2 is 1.68 bits per heavy atom. The first-order valence-corrected chi connectivity index (χ1v) is 14.1. The number of alkyl halides is 1. The van der Waals surface area contributed by atoms with Crippen LogP contribution in [0, 0.1) is 0 Å². The van der Waals surface area contributed by atoms with Gasteiger partial charge in [-0.15, -0.1) is 0 Å². The molecule has 1 unspecified atom stereocenters. The minimum absolute atomic E-state index is 0.0204. The Hall–Kier alpha value is -2.38. The first-order valence-electron chi connectivity index (χ1n) is 12.7. The second kappa shape index (κ2) is 11.4. The second-order valence-electron chi connectivity index (χ2n) is 10.4. The average molecular weight is 555 g/mol. The molecule has 210 valence electrons. The van der Waals surface area contributed by atoms with Gasteiger partial charge in [0.1, 0.15) is 30.7 Å². The summed E-state index contributed by atoms with van der Waals surface area (Å²) in [4.78, 5) is 16.7. The molecule has 2 aliphatic rings. The molecule has 4 atom stereocenters. The molecule has 1 aromatic heterocycles. The highest BCUT2D eigenvalue weighted by molar-refractivity contribution is 7.87. The largest absolute Gasteiger partial charge is 0.358 e. The highest BCUT2D eigenvalue weighted by Gasteiger charge is 2.48. The van der Waals surface area contributed by atoms with Crippen LogP contribution in [0.15, 0.2) is 34.1 Å². The molecule has 3 heterocycles. The zero-order valence-electron chi connectivity index (χ0n) is 22.4. The maximum atomic E-state index is 15.1. The van der Waals surface area contributed by atoms with Crippen molar-refractivity contribution in [3.8, 4) is 5.88 Å². The van der Waals surface area contributed by atoms with Crippen LogP contribution in [0.4, 0.5) is 4.39 Å². The molecule has 12 heteroatoms. The Morgan fingerprint density at radius 1 is 1.03 bits per heavy atom. The monoisotopic (exact) mass is 554 g/mol. The third-order valence-corrected chi connectivity index (χ3v) is 8.02. The number of benzene rings is 1. The number of hydrogen-bond donors (Lipinski definition) is 0. The van der Waals surface area contributed by atoms with Gasteiger partial charge in [-0.1, -0.05) is 53.7 Å². The van der Waals surface area contributed by atoms with Gasteiger partial charge in [-0.2, -0.15) is 13.4 Å². The number of rotatable bonds is 7. The van der Waals surface area contributed by atoms with E-state index in [1.54, 1.807) is 0 Å². The fraction of sp³-hybridized carbons (Fsp3) is 0.615. The van der Waals surface area contributed by atoms with Crippen molar-refractivity contribution in [2.24, 2.45) is 0 Å². The van der Waals surface area contributed by atoms with E-state index in [1.807, 2.05) is 53.7 Å². The van der Waals surface area contributed by atoms with Crippen molar-refractivity contribution in [2.75, 3.05) is 20.2 Å². The van der Waals surface area contributed by atoms with Gasteiger partial charge in [-0.3, -0.25) is 4.57 Å². The van der Waals surface area contributed by atoms with Crippen LogP contribution in [0.3, 0.4) is 0 Å². The number of hydrogen-bond acceptors (Lipinski definition) is 9. The molecule has 1 aromatic carbocycles. The third kappa shape index (κ3) is 5.79. The van der Waals surface area contributed by atoms with Gasteiger partial charge in [0.25, 0.3) is 0 Å². The molecule has 0 N–H and O–H groups in total. The lowest BCUT2D eigenvalue weighted by Crippen LogP contribution is -2.38. The lowest BCUT2D eigenvalue weighted by Gasteiger charge is -2.22. The van der Waals surface area contributed by atoms with Crippen LogP contribution in [0.1, 0.15) is 82.2 Å². The number of aromatic nitrogens is 2. The Morgan fingerprint density at radius 3 is 2.26 bits per heavy atom. The Bertz CT molecular complexity index is 1280. The first-order chi connectivity index (χ1) is 17.9. The summed E-state index contributed by atoms with van der Waals surface area (Å²) >= 11 is 0. The van der Waals surface area contributed by atoms with Gasteiger partial charge in [-0.25, -0.2) is 9.18 Å². The molecule has 2 aromatic rings. The summed E-state index contributed by atoms with van der Waals surface area (Å²) < 4.78 is 70.0. The summed E-state index contributed by atoms with van der Waals surface area (Å²) in [7, 11) is -4.36. The highest BCUT2D eigenvalue weighted by atomic mass is 32.2. The van der Waals surface area contributed by atoms with Gasteiger partial charge in [0.05, 0.1) is 6.61 Å². The first kappa shape index (κ1) is 28.6. The van der Waals surface area contributed by atoms with Gasteiger partial charge >= 0.3 is 15.8 Å². The van der Waals surface area contributed by atoms with E-state index >= 15 is 4.39 Å². The standard InChI is InChI=1S/C26H35FN2O8S/c1-14(2)17-9-18(15(3)4)24(19(10-17)16(5)6)38(31,32)37-21-7-8-29(26(30)28-21)25-22(27)23-20(36-25)11-33-12-34-13-35-23/h7-10,14-16,20,22-23,25H,11-13H2,1-6H3/t20-,22+,23?,25-/m1/s1. The summed E-state index contributed by atoms with van der Waals surface area (Å²) in [6, 6.07) is 4.98. The van der Waals surface area contributed by atoms with Gasteiger partial charge in [-0.05, 0) is 34.4 Å². The number of nitrogens with zero attached hydrogens (tertiary/aromatic N) is 2. The lowest BCUT2D eigenvalue weighted by atomic mass is 9.89. The molecule has 2 fully saturated rings. The van der Waals surface area contributed by atoms with E-state index in [0.29, 0.717) is 11.1 Å². The minimum atomic E-state index is -4.36. The summed E-state index contributed by atoms with van der Waals surface area (Å²) in [5.41, 5.74) is 1.37. The van der Waals surface area contributed by atoms with E-state index in [-0.39, 0.29) is 42.8 Å². The summed E-state index contributed by atoms with van der Waals surface area (Å²) in [5.74, 6) is -0.419. The van der Waals surface area contributed by atoms with E-state index in [1.165, 1.54) is 12.3 Å². The van der Waals surface area contributed by atoms with E-state index < -0.39 is 46.3 Å². The van der Waals surface area contributed by atoms with E-state index in [2.05, 4.69) is 4.98 Å². The zero-order chi connectivity index (χ0) is 27.8. The molecule has 0 bridgehead atoms.